The quantitative estimate of drug-likeness (QED) is 0.229. The van der Waals surface area contributed by atoms with Gasteiger partial charge in [-0.05, 0) is 63.4 Å². The van der Waals surface area contributed by atoms with E-state index < -0.39 is 42.2 Å². The van der Waals surface area contributed by atoms with Crippen LogP contribution in [0.3, 0.4) is 0 Å². The van der Waals surface area contributed by atoms with Crippen molar-refractivity contribution in [2.45, 2.75) is 90.8 Å². The maximum absolute atomic E-state index is 13.9. The van der Waals surface area contributed by atoms with Crippen molar-refractivity contribution in [3.63, 3.8) is 0 Å². The molecule has 9 heteroatoms. The summed E-state index contributed by atoms with van der Waals surface area (Å²) in [5.74, 6) is -1.04. The topological polar surface area (TPSA) is 128 Å². The Balaban J connectivity index is 2.43. The predicted molar refractivity (Wildman–Crippen MR) is 156 cm³/mol. The van der Waals surface area contributed by atoms with E-state index in [4.69, 9.17) is 4.74 Å². The minimum atomic E-state index is -1.32. The van der Waals surface area contributed by atoms with Gasteiger partial charge in [0.05, 0.1) is 6.61 Å². The zero-order valence-corrected chi connectivity index (χ0v) is 24.4. The molecule has 2 aromatic rings. The largest absolute Gasteiger partial charge is 0.508 e. The van der Waals surface area contributed by atoms with Crippen LogP contribution in [0.25, 0.3) is 0 Å². The number of amides is 3. The molecule has 9 nitrogen and oxygen atoms in total. The van der Waals surface area contributed by atoms with Crippen molar-refractivity contribution in [1.29, 1.82) is 0 Å². The highest BCUT2D eigenvalue weighted by atomic mass is 16.6. The van der Waals surface area contributed by atoms with Gasteiger partial charge in [-0.25, -0.2) is 4.79 Å². The molecule has 0 bridgehead atoms. The number of aromatic hydroxyl groups is 1. The van der Waals surface area contributed by atoms with Crippen LogP contribution in [0.4, 0.5) is 10.5 Å². The first-order chi connectivity index (χ1) is 19.0. The molecule has 0 saturated carbocycles. The van der Waals surface area contributed by atoms with Crippen molar-refractivity contribution in [1.82, 2.24) is 10.2 Å². The molecular formula is C31H45N3O6. The molecule has 2 aromatic carbocycles. The fourth-order valence-electron chi connectivity index (χ4n) is 4.31. The lowest BCUT2D eigenvalue weighted by Gasteiger charge is -2.34. The van der Waals surface area contributed by atoms with Crippen molar-refractivity contribution in [3.05, 3.63) is 59.7 Å². The van der Waals surface area contributed by atoms with Crippen LogP contribution in [0.15, 0.2) is 48.5 Å². The third kappa shape index (κ3) is 10.5. The minimum absolute atomic E-state index is 0.0236. The van der Waals surface area contributed by atoms with E-state index in [9.17, 15) is 24.6 Å². The normalized spacial score (nSPS) is 12.8. The number of phenolic OH excluding ortho intramolecular Hbond substituents is 1. The Kier molecular flexibility index (Phi) is 12.9. The highest BCUT2D eigenvalue weighted by Gasteiger charge is 2.36. The molecule has 0 saturated heterocycles. The molecular weight excluding hydrogens is 510 g/mol. The van der Waals surface area contributed by atoms with Gasteiger partial charge < -0.3 is 30.5 Å². The third-order valence-corrected chi connectivity index (χ3v) is 6.38. The monoisotopic (exact) mass is 555 g/mol. The molecule has 0 aliphatic carbocycles. The van der Waals surface area contributed by atoms with E-state index in [1.807, 2.05) is 25.1 Å². The molecule has 0 radical (unpaired) electrons. The number of aliphatic hydroxyl groups is 1. The zero-order valence-electron chi connectivity index (χ0n) is 24.4. The molecule has 0 heterocycles. The summed E-state index contributed by atoms with van der Waals surface area (Å²) >= 11 is 0. The Morgan fingerprint density at radius 1 is 0.950 bits per heavy atom. The smallest absolute Gasteiger partial charge is 0.408 e. The van der Waals surface area contributed by atoms with Crippen molar-refractivity contribution >= 4 is 23.6 Å². The number of hydrogen-bond acceptors (Lipinski definition) is 6. The summed E-state index contributed by atoms with van der Waals surface area (Å²) in [5, 5.41) is 25.4. The van der Waals surface area contributed by atoms with Crippen LogP contribution in [0.5, 0.6) is 5.75 Å². The number of phenols is 1. The number of carbonyl (C=O) groups excluding carboxylic acids is 3. The predicted octanol–water partition coefficient (Wildman–Crippen LogP) is 5.46. The number of nitrogens with one attached hydrogen (secondary N) is 2. The third-order valence-electron chi connectivity index (χ3n) is 6.38. The lowest BCUT2D eigenvalue weighted by Crippen LogP contribution is -2.54. The van der Waals surface area contributed by atoms with Gasteiger partial charge in [-0.15, -0.1) is 0 Å². The van der Waals surface area contributed by atoms with Gasteiger partial charge in [0.15, 0.2) is 0 Å². The van der Waals surface area contributed by atoms with Crippen molar-refractivity contribution in [2.24, 2.45) is 0 Å². The Hall–Kier alpha value is -3.59. The van der Waals surface area contributed by atoms with Crippen LogP contribution in [0, 0.1) is 6.92 Å². The van der Waals surface area contributed by atoms with Crippen molar-refractivity contribution in [3.8, 4) is 5.75 Å². The number of rotatable bonds is 14. The highest BCUT2D eigenvalue weighted by molar-refractivity contribution is 5.99. The van der Waals surface area contributed by atoms with Gasteiger partial charge in [0.2, 0.25) is 5.91 Å². The summed E-state index contributed by atoms with van der Waals surface area (Å²) in [7, 11) is 0. The van der Waals surface area contributed by atoms with Gasteiger partial charge in [-0.1, -0.05) is 69.4 Å². The number of aryl methyl sites for hydroxylation is 1. The maximum Gasteiger partial charge on any atom is 0.408 e. The Bertz CT molecular complexity index is 1100. The van der Waals surface area contributed by atoms with Crippen LogP contribution >= 0.6 is 0 Å². The first kappa shape index (κ1) is 32.6. The number of hydrogen-bond donors (Lipinski definition) is 4. The fourth-order valence-corrected chi connectivity index (χ4v) is 4.31. The van der Waals surface area contributed by atoms with Gasteiger partial charge in [0.25, 0.3) is 5.91 Å². The molecule has 0 aliphatic rings. The second kappa shape index (κ2) is 15.9. The molecule has 4 N–H and O–H groups in total. The van der Waals surface area contributed by atoms with Crippen LogP contribution in [0.1, 0.15) is 83.4 Å². The summed E-state index contributed by atoms with van der Waals surface area (Å²) in [6, 6.07) is 11.0. The number of ether oxygens (including phenoxy) is 1. The molecule has 2 unspecified atom stereocenters. The number of benzene rings is 2. The number of nitrogens with zero attached hydrogens (tertiary/aromatic N) is 1. The zero-order chi connectivity index (χ0) is 29.7. The van der Waals surface area contributed by atoms with Crippen molar-refractivity contribution in [2.75, 3.05) is 18.5 Å². The number of aliphatic hydroxyl groups excluding tert-OH is 1. The Morgan fingerprint density at radius 3 is 2.17 bits per heavy atom. The molecule has 220 valence electrons. The van der Waals surface area contributed by atoms with E-state index in [2.05, 4.69) is 17.6 Å². The first-order valence-corrected chi connectivity index (χ1v) is 14.0. The number of anilines is 1. The maximum atomic E-state index is 13.9. The lowest BCUT2D eigenvalue weighted by atomic mass is 10.0. The summed E-state index contributed by atoms with van der Waals surface area (Å²) in [4.78, 5) is 41.6. The standard InChI is InChI=1S/C31H45N3O6/c1-6-7-8-9-10-13-20-34(29(38)26(21-35)33-30(39)40-31(3,4)5)27(23-16-18-24(36)19-17-23)28(37)32-25-15-12-11-14-22(25)2/h11-12,14-19,26-27,35-36H,6-10,13,20-21H2,1-5H3,(H,32,37)(H,33,39). The van der Waals surface area contributed by atoms with Crippen LogP contribution < -0.4 is 10.6 Å². The van der Waals surface area contributed by atoms with E-state index in [1.165, 1.54) is 17.0 Å². The first-order valence-electron chi connectivity index (χ1n) is 14.0. The second-order valence-electron chi connectivity index (χ2n) is 11.0. The second-order valence-corrected chi connectivity index (χ2v) is 11.0. The summed E-state index contributed by atoms with van der Waals surface area (Å²) in [6.45, 7) is 8.66. The van der Waals surface area contributed by atoms with Gasteiger partial charge in [-0.3, -0.25) is 9.59 Å². The van der Waals surface area contributed by atoms with E-state index in [1.54, 1.807) is 39.0 Å². The van der Waals surface area contributed by atoms with E-state index in [-0.39, 0.29) is 12.3 Å². The fraction of sp³-hybridized carbons (Fsp3) is 0.516. The van der Waals surface area contributed by atoms with Crippen LogP contribution in [0.2, 0.25) is 0 Å². The molecule has 0 spiro atoms. The average molecular weight is 556 g/mol. The summed E-state index contributed by atoms with van der Waals surface area (Å²) in [6.07, 6.45) is 4.96. The number of unbranched alkanes of at least 4 members (excludes halogenated alkanes) is 5. The van der Waals surface area contributed by atoms with E-state index in [0.717, 1.165) is 37.7 Å². The number of para-hydroxylation sites is 1. The number of alkyl carbamates (subject to hydrolysis) is 1. The molecule has 0 aromatic heterocycles. The Labute approximate surface area is 237 Å². The minimum Gasteiger partial charge on any atom is -0.508 e. The molecule has 40 heavy (non-hydrogen) atoms. The summed E-state index contributed by atoms with van der Waals surface area (Å²) in [5.41, 5.74) is 1.15. The SMILES string of the molecule is CCCCCCCCN(C(=O)C(CO)NC(=O)OC(C)(C)C)C(C(=O)Nc1ccccc1C)c1ccc(O)cc1. The molecule has 0 aliphatic heterocycles. The van der Waals surface area contributed by atoms with E-state index in [0.29, 0.717) is 17.7 Å². The van der Waals surface area contributed by atoms with Crippen LogP contribution in [-0.2, 0) is 14.3 Å². The van der Waals surface area contributed by atoms with Gasteiger partial charge in [0, 0.05) is 12.2 Å². The van der Waals surface area contributed by atoms with E-state index >= 15 is 0 Å². The van der Waals surface area contributed by atoms with Gasteiger partial charge >= 0.3 is 6.09 Å². The van der Waals surface area contributed by atoms with Crippen molar-refractivity contribution < 1.29 is 29.3 Å². The lowest BCUT2D eigenvalue weighted by molar-refractivity contribution is -0.141. The number of carbonyl (C=O) groups is 3. The highest BCUT2D eigenvalue weighted by Crippen LogP contribution is 2.27. The molecule has 2 atom stereocenters. The van der Waals surface area contributed by atoms with Gasteiger partial charge in [-0.2, -0.15) is 0 Å². The molecule has 3 amide bonds. The van der Waals surface area contributed by atoms with Gasteiger partial charge in [0.1, 0.15) is 23.4 Å². The molecule has 2 rings (SSSR count). The molecule has 0 fully saturated rings. The van der Waals surface area contributed by atoms with Crippen LogP contribution in [-0.4, -0.2) is 57.8 Å². The summed E-state index contributed by atoms with van der Waals surface area (Å²) < 4.78 is 5.29. The average Bonchev–Trinajstić information content (AvgIpc) is 2.89. The Morgan fingerprint density at radius 2 is 1.57 bits per heavy atom.